The number of anilines is 1. The van der Waals surface area contributed by atoms with E-state index in [-0.39, 0.29) is 0 Å². The molecule has 3 N–H and O–H groups in total. The molecule has 0 bridgehead atoms. The number of pyridine rings is 1. The Labute approximate surface area is 105 Å². The average molecular weight is 247 g/mol. The number of aromatic nitrogens is 1. The molecule has 1 aliphatic heterocycles. The van der Waals surface area contributed by atoms with Crippen molar-refractivity contribution in [3.8, 4) is 0 Å². The zero-order valence-corrected chi connectivity index (χ0v) is 10.8. The minimum absolute atomic E-state index is 0.643. The number of rotatable bonds is 1. The number of piperidine rings is 1. The molecule has 4 heteroatoms. The molecule has 0 aromatic carbocycles. The summed E-state index contributed by atoms with van der Waals surface area (Å²) < 4.78 is 1.35. The van der Waals surface area contributed by atoms with Gasteiger partial charge in [0, 0.05) is 16.3 Å². The predicted octanol–water partition coefficient (Wildman–Crippen LogP) is 2.65. The highest BCUT2D eigenvalue weighted by atomic mass is 32.1. The normalized spacial score (nSPS) is 17.7. The van der Waals surface area contributed by atoms with Crippen LogP contribution in [0.15, 0.2) is 11.6 Å². The fraction of sp³-hybridized carbons (Fsp3) is 0.462. The minimum Gasteiger partial charge on any atom is -0.383 e. The minimum atomic E-state index is 0.643. The summed E-state index contributed by atoms with van der Waals surface area (Å²) in [7, 11) is 0. The van der Waals surface area contributed by atoms with Crippen LogP contribution in [0.25, 0.3) is 10.1 Å². The van der Waals surface area contributed by atoms with Crippen molar-refractivity contribution < 1.29 is 0 Å². The van der Waals surface area contributed by atoms with E-state index in [1.807, 2.05) is 17.5 Å². The topological polar surface area (TPSA) is 50.9 Å². The summed E-state index contributed by atoms with van der Waals surface area (Å²) in [6.07, 6.45) is 4.40. The molecule has 3 heterocycles. The fourth-order valence-corrected chi connectivity index (χ4v) is 3.81. The maximum atomic E-state index is 5.98. The predicted molar refractivity (Wildman–Crippen MR) is 73.6 cm³/mol. The second kappa shape index (κ2) is 4.27. The summed E-state index contributed by atoms with van der Waals surface area (Å²) in [4.78, 5) is 4.38. The average Bonchev–Trinajstić information content (AvgIpc) is 2.74. The molecule has 0 saturated carbocycles. The van der Waals surface area contributed by atoms with Gasteiger partial charge in [0.1, 0.15) is 5.82 Å². The molecule has 2 aromatic rings. The van der Waals surface area contributed by atoms with Gasteiger partial charge >= 0.3 is 0 Å². The summed E-state index contributed by atoms with van der Waals surface area (Å²) in [5.41, 5.74) is 8.64. The lowest BCUT2D eigenvalue weighted by Gasteiger charge is -2.23. The van der Waals surface area contributed by atoms with Gasteiger partial charge in [0.2, 0.25) is 0 Å². The van der Waals surface area contributed by atoms with E-state index >= 15 is 0 Å². The van der Waals surface area contributed by atoms with Crippen molar-refractivity contribution in [2.24, 2.45) is 0 Å². The summed E-state index contributed by atoms with van der Waals surface area (Å²) in [6, 6.07) is 0. The molecule has 3 nitrogen and oxygen atoms in total. The summed E-state index contributed by atoms with van der Waals surface area (Å²) >= 11 is 1.81. The maximum absolute atomic E-state index is 5.98. The van der Waals surface area contributed by atoms with Gasteiger partial charge < -0.3 is 11.1 Å². The van der Waals surface area contributed by atoms with Crippen LogP contribution in [0.3, 0.4) is 0 Å². The maximum Gasteiger partial charge on any atom is 0.132 e. The first-order chi connectivity index (χ1) is 8.27. The van der Waals surface area contributed by atoms with Crippen LogP contribution < -0.4 is 11.1 Å². The lowest BCUT2D eigenvalue weighted by atomic mass is 9.90. The van der Waals surface area contributed by atoms with Crippen molar-refractivity contribution in [1.82, 2.24) is 10.3 Å². The molecule has 0 spiro atoms. The number of nitrogens with one attached hydrogen (secondary N) is 1. The molecule has 1 fully saturated rings. The number of nitrogens with zero attached hydrogens (tertiary/aromatic N) is 1. The van der Waals surface area contributed by atoms with Crippen molar-refractivity contribution in [3.63, 3.8) is 0 Å². The van der Waals surface area contributed by atoms with Gasteiger partial charge in [0.05, 0.1) is 0 Å². The van der Waals surface area contributed by atoms with Gasteiger partial charge in [-0.15, -0.1) is 11.3 Å². The summed E-state index contributed by atoms with van der Waals surface area (Å²) in [5.74, 6) is 1.32. The van der Waals surface area contributed by atoms with Gasteiger partial charge in [0.25, 0.3) is 0 Å². The molecule has 0 aliphatic carbocycles. The Bertz CT molecular complexity index is 541. The SMILES string of the molecule is Cc1csc2c(C3CCNCC3)cnc(N)c12. The van der Waals surface area contributed by atoms with E-state index < -0.39 is 0 Å². The third kappa shape index (κ3) is 1.81. The van der Waals surface area contributed by atoms with Crippen LogP contribution in [-0.4, -0.2) is 18.1 Å². The van der Waals surface area contributed by atoms with Gasteiger partial charge in [-0.2, -0.15) is 0 Å². The fourth-order valence-electron chi connectivity index (χ4n) is 2.66. The van der Waals surface area contributed by atoms with Crippen molar-refractivity contribution >= 4 is 27.2 Å². The lowest BCUT2D eigenvalue weighted by Crippen LogP contribution is -2.26. The number of aryl methyl sites for hydroxylation is 1. The van der Waals surface area contributed by atoms with E-state index in [2.05, 4.69) is 22.6 Å². The first-order valence-electron chi connectivity index (χ1n) is 6.10. The van der Waals surface area contributed by atoms with E-state index in [0.717, 1.165) is 13.1 Å². The first kappa shape index (κ1) is 11.0. The van der Waals surface area contributed by atoms with Gasteiger partial charge in [-0.1, -0.05) is 0 Å². The summed E-state index contributed by atoms with van der Waals surface area (Å²) in [5, 5.41) is 6.77. The standard InChI is InChI=1S/C13H17N3S/c1-8-7-17-12-10(6-16-13(14)11(8)12)9-2-4-15-5-3-9/h6-7,9,15H,2-5H2,1H3,(H2,14,16). The highest BCUT2D eigenvalue weighted by Gasteiger charge is 2.20. The Balaban J connectivity index is 2.13. The molecule has 1 aliphatic rings. The molecule has 0 atom stereocenters. The molecule has 90 valence electrons. The van der Waals surface area contributed by atoms with E-state index in [4.69, 9.17) is 5.73 Å². The quantitative estimate of drug-likeness (QED) is 0.814. The van der Waals surface area contributed by atoms with Crippen LogP contribution in [0.2, 0.25) is 0 Å². The summed E-state index contributed by atoms with van der Waals surface area (Å²) in [6.45, 7) is 4.34. The molecular formula is C13H17N3S. The highest BCUT2D eigenvalue weighted by Crippen LogP contribution is 2.37. The smallest absolute Gasteiger partial charge is 0.132 e. The Morgan fingerprint density at radius 3 is 2.94 bits per heavy atom. The Kier molecular flexibility index (Phi) is 2.76. The van der Waals surface area contributed by atoms with Crippen molar-refractivity contribution in [2.75, 3.05) is 18.8 Å². The largest absolute Gasteiger partial charge is 0.383 e. The van der Waals surface area contributed by atoms with E-state index in [1.54, 1.807) is 0 Å². The molecule has 2 aromatic heterocycles. The zero-order chi connectivity index (χ0) is 11.8. The van der Waals surface area contributed by atoms with E-state index in [1.165, 1.54) is 34.1 Å². The van der Waals surface area contributed by atoms with Crippen LogP contribution in [0.5, 0.6) is 0 Å². The van der Waals surface area contributed by atoms with Gasteiger partial charge in [0.15, 0.2) is 0 Å². The number of thiophene rings is 1. The number of fused-ring (bicyclic) bond motifs is 1. The zero-order valence-electron chi connectivity index (χ0n) is 9.99. The van der Waals surface area contributed by atoms with E-state index in [0.29, 0.717) is 11.7 Å². The Morgan fingerprint density at radius 1 is 1.41 bits per heavy atom. The number of nitrogens with two attached hydrogens (primary N) is 1. The van der Waals surface area contributed by atoms with E-state index in [9.17, 15) is 0 Å². The number of hydrogen-bond donors (Lipinski definition) is 2. The third-order valence-corrected chi connectivity index (χ3v) is 4.76. The third-order valence-electron chi connectivity index (χ3n) is 3.61. The van der Waals surface area contributed by atoms with Gasteiger partial charge in [-0.25, -0.2) is 4.98 Å². The Hall–Kier alpha value is -1.13. The van der Waals surface area contributed by atoms with Crippen LogP contribution in [0.4, 0.5) is 5.82 Å². The van der Waals surface area contributed by atoms with Crippen molar-refractivity contribution in [3.05, 3.63) is 22.7 Å². The molecule has 17 heavy (non-hydrogen) atoms. The molecule has 0 amide bonds. The molecule has 1 saturated heterocycles. The Morgan fingerprint density at radius 2 is 2.18 bits per heavy atom. The number of hydrogen-bond acceptors (Lipinski definition) is 4. The van der Waals surface area contributed by atoms with Crippen molar-refractivity contribution in [1.29, 1.82) is 0 Å². The lowest BCUT2D eigenvalue weighted by molar-refractivity contribution is 0.462. The molecule has 3 rings (SSSR count). The van der Waals surface area contributed by atoms with Crippen LogP contribution in [0, 0.1) is 6.92 Å². The van der Waals surface area contributed by atoms with Gasteiger partial charge in [-0.3, -0.25) is 0 Å². The highest BCUT2D eigenvalue weighted by molar-refractivity contribution is 7.17. The van der Waals surface area contributed by atoms with Crippen LogP contribution in [0.1, 0.15) is 29.9 Å². The monoisotopic (exact) mass is 247 g/mol. The molecule has 0 radical (unpaired) electrons. The van der Waals surface area contributed by atoms with Crippen LogP contribution >= 0.6 is 11.3 Å². The van der Waals surface area contributed by atoms with Crippen LogP contribution in [-0.2, 0) is 0 Å². The van der Waals surface area contributed by atoms with Crippen molar-refractivity contribution in [2.45, 2.75) is 25.7 Å². The second-order valence-corrected chi connectivity index (χ2v) is 5.63. The molecule has 0 unspecified atom stereocenters. The first-order valence-corrected chi connectivity index (χ1v) is 6.98. The molecular weight excluding hydrogens is 230 g/mol. The second-order valence-electron chi connectivity index (χ2n) is 4.75. The number of nitrogen functional groups attached to an aromatic ring is 1. The van der Waals surface area contributed by atoms with Gasteiger partial charge in [-0.05, 0) is 55.3 Å².